The van der Waals surface area contributed by atoms with Crippen molar-refractivity contribution >= 4 is 11.3 Å². The van der Waals surface area contributed by atoms with Crippen LogP contribution in [0.3, 0.4) is 0 Å². The van der Waals surface area contributed by atoms with Crippen LogP contribution in [0.5, 0.6) is 5.75 Å². The minimum atomic E-state index is -0.400. The van der Waals surface area contributed by atoms with Crippen molar-refractivity contribution in [3.8, 4) is 5.75 Å². The second kappa shape index (κ2) is 6.65. The fourth-order valence-corrected chi connectivity index (χ4v) is 2.68. The molecule has 0 atom stereocenters. The summed E-state index contributed by atoms with van der Waals surface area (Å²) in [6.07, 6.45) is 0.345. The molecule has 0 bridgehead atoms. The summed E-state index contributed by atoms with van der Waals surface area (Å²) < 4.78 is 15.7. The largest absolute Gasteiger partial charge is 0.496 e. The number of hydrogen-bond acceptors (Lipinski definition) is 5. The summed E-state index contributed by atoms with van der Waals surface area (Å²) in [5, 5.41) is 2.97. The molecule has 2 aromatic rings. The highest BCUT2D eigenvalue weighted by Crippen LogP contribution is 2.25. The predicted molar refractivity (Wildman–Crippen MR) is 74.7 cm³/mol. The van der Waals surface area contributed by atoms with Crippen molar-refractivity contribution in [2.45, 2.75) is 12.7 Å². The number of nitrogens with zero attached hydrogens (tertiary/aromatic N) is 1. The first kappa shape index (κ1) is 14.0. The van der Waals surface area contributed by atoms with Crippen molar-refractivity contribution in [3.63, 3.8) is 0 Å². The highest BCUT2D eigenvalue weighted by Gasteiger charge is 2.14. The summed E-state index contributed by atoms with van der Waals surface area (Å²) >= 11 is 1.60. The van der Waals surface area contributed by atoms with Gasteiger partial charge in [0.25, 0.3) is 0 Å². The lowest BCUT2D eigenvalue weighted by Gasteiger charge is -2.09. The standard InChI is InChI=1S/C14H17NO3S/c1-16-12-7-5-4-6-10(12)8-13-15-11(9-19-13)14(17-2)18-3/h4-7,9,14H,8H2,1-3H3. The maximum absolute atomic E-state index is 5.34. The first-order chi connectivity index (χ1) is 9.28. The van der Waals surface area contributed by atoms with Crippen LogP contribution in [0.2, 0.25) is 0 Å². The van der Waals surface area contributed by atoms with Gasteiger partial charge in [0.05, 0.1) is 12.1 Å². The lowest BCUT2D eigenvalue weighted by Crippen LogP contribution is -2.04. The summed E-state index contributed by atoms with van der Waals surface area (Å²) in [6, 6.07) is 7.96. The Labute approximate surface area is 117 Å². The summed E-state index contributed by atoms with van der Waals surface area (Å²) in [6.45, 7) is 0. The van der Waals surface area contributed by atoms with E-state index in [0.717, 1.165) is 28.4 Å². The summed E-state index contributed by atoms with van der Waals surface area (Å²) in [5.41, 5.74) is 1.93. The van der Waals surface area contributed by atoms with Crippen LogP contribution in [0.15, 0.2) is 29.6 Å². The van der Waals surface area contributed by atoms with E-state index < -0.39 is 6.29 Å². The van der Waals surface area contributed by atoms with Crippen molar-refractivity contribution in [2.75, 3.05) is 21.3 Å². The molecule has 1 aromatic heterocycles. The molecule has 0 N–H and O–H groups in total. The van der Waals surface area contributed by atoms with Gasteiger partial charge < -0.3 is 14.2 Å². The molecule has 0 amide bonds. The van der Waals surface area contributed by atoms with Gasteiger partial charge in [-0.25, -0.2) is 4.98 Å². The number of benzene rings is 1. The van der Waals surface area contributed by atoms with Gasteiger partial charge in [-0.1, -0.05) is 18.2 Å². The topological polar surface area (TPSA) is 40.6 Å². The predicted octanol–water partition coefficient (Wildman–Crippen LogP) is 3.03. The monoisotopic (exact) mass is 279 g/mol. The first-order valence-electron chi connectivity index (χ1n) is 5.90. The zero-order chi connectivity index (χ0) is 13.7. The van der Waals surface area contributed by atoms with E-state index in [1.54, 1.807) is 32.7 Å². The lowest BCUT2D eigenvalue weighted by atomic mass is 10.1. The van der Waals surface area contributed by atoms with Crippen LogP contribution in [-0.4, -0.2) is 26.3 Å². The molecule has 0 saturated carbocycles. The van der Waals surface area contributed by atoms with E-state index in [1.165, 1.54) is 0 Å². The number of para-hydroxylation sites is 1. The van der Waals surface area contributed by atoms with E-state index in [-0.39, 0.29) is 0 Å². The van der Waals surface area contributed by atoms with Gasteiger partial charge >= 0.3 is 0 Å². The minimum absolute atomic E-state index is 0.400. The van der Waals surface area contributed by atoms with E-state index in [0.29, 0.717) is 0 Å². The molecule has 0 aliphatic heterocycles. The normalized spacial score (nSPS) is 10.9. The molecule has 5 heteroatoms. The maximum atomic E-state index is 5.34. The van der Waals surface area contributed by atoms with Crippen LogP contribution in [0.4, 0.5) is 0 Å². The van der Waals surface area contributed by atoms with E-state index in [2.05, 4.69) is 4.98 Å². The molecule has 0 radical (unpaired) electrons. The third-order valence-corrected chi connectivity index (χ3v) is 3.64. The Hall–Kier alpha value is -1.43. The van der Waals surface area contributed by atoms with Crippen molar-refractivity contribution in [1.29, 1.82) is 0 Å². The SMILES string of the molecule is COc1ccccc1Cc1nc(C(OC)OC)cs1. The Bertz CT molecular complexity index is 523. The van der Waals surface area contributed by atoms with Crippen LogP contribution < -0.4 is 4.74 Å². The number of rotatable bonds is 6. The molecular weight excluding hydrogens is 262 g/mol. The molecular formula is C14H17NO3S. The molecule has 102 valence electrons. The molecule has 0 spiro atoms. The van der Waals surface area contributed by atoms with Crippen LogP contribution >= 0.6 is 11.3 Å². The van der Waals surface area contributed by atoms with E-state index in [9.17, 15) is 0 Å². The fourth-order valence-electron chi connectivity index (χ4n) is 1.86. The average molecular weight is 279 g/mol. The zero-order valence-electron chi connectivity index (χ0n) is 11.3. The van der Waals surface area contributed by atoms with Crippen molar-refractivity contribution in [3.05, 3.63) is 45.9 Å². The number of methoxy groups -OCH3 is 3. The molecule has 0 aliphatic carbocycles. The molecule has 1 heterocycles. The van der Waals surface area contributed by atoms with E-state index in [4.69, 9.17) is 14.2 Å². The lowest BCUT2D eigenvalue weighted by molar-refractivity contribution is -0.108. The van der Waals surface area contributed by atoms with Gasteiger partial charge in [-0.15, -0.1) is 11.3 Å². The third-order valence-electron chi connectivity index (χ3n) is 2.77. The average Bonchev–Trinajstić information content (AvgIpc) is 2.89. The Kier molecular flexibility index (Phi) is 4.90. The Balaban J connectivity index is 2.15. The van der Waals surface area contributed by atoms with Crippen molar-refractivity contribution in [2.24, 2.45) is 0 Å². The molecule has 0 unspecified atom stereocenters. The van der Waals surface area contributed by atoms with Gasteiger partial charge in [0.1, 0.15) is 11.4 Å². The Morgan fingerprint density at radius 1 is 1.16 bits per heavy atom. The van der Waals surface area contributed by atoms with E-state index >= 15 is 0 Å². The molecule has 2 rings (SSSR count). The number of ether oxygens (including phenoxy) is 3. The minimum Gasteiger partial charge on any atom is -0.496 e. The van der Waals surface area contributed by atoms with Crippen LogP contribution in [0.25, 0.3) is 0 Å². The molecule has 19 heavy (non-hydrogen) atoms. The summed E-state index contributed by atoms with van der Waals surface area (Å²) in [4.78, 5) is 4.54. The van der Waals surface area contributed by atoms with Gasteiger partial charge in [-0.3, -0.25) is 0 Å². The van der Waals surface area contributed by atoms with Gasteiger partial charge in [0.2, 0.25) is 6.29 Å². The maximum Gasteiger partial charge on any atom is 0.201 e. The molecule has 4 nitrogen and oxygen atoms in total. The highest BCUT2D eigenvalue weighted by atomic mass is 32.1. The van der Waals surface area contributed by atoms with Gasteiger partial charge in [0, 0.05) is 31.6 Å². The van der Waals surface area contributed by atoms with Crippen LogP contribution in [-0.2, 0) is 15.9 Å². The Morgan fingerprint density at radius 2 is 1.89 bits per heavy atom. The summed E-state index contributed by atoms with van der Waals surface area (Å²) in [5.74, 6) is 0.884. The summed E-state index contributed by atoms with van der Waals surface area (Å²) in [7, 11) is 4.89. The second-order valence-electron chi connectivity index (χ2n) is 3.96. The van der Waals surface area contributed by atoms with Gasteiger partial charge in [0.15, 0.2) is 0 Å². The molecule has 0 aliphatic rings. The Morgan fingerprint density at radius 3 is 2.58 bits per heavy atom. The molecule has 0 saturated heterocycles. The number of aromatic nitrogens is 1. The van der Waals surface area contributed by atoms with Gasteiger partial charge in [-0.2, -0.15) is 0 Å². The first-order valence-corrected chi connectivity index (χ1v) is 6.78. The van der Waals surface area contributed by atoms with Crippen LogP contribution in [0, 0.1) is 0 Å². The smallest absolute Gasteiger partial charge is 0.201 e. The van der Waals surface area contributed by atoms with Gasteiger partial charge in [-0.05, 0) is 6.07 Å². The fraction of sp³-hybridized carbons (Fsp3) is 0.357. The number of thiazole rings is 1. The quantitative estimate of drug-likeness (QED) is 0.762. The third kappa shape index (κ3) is 3.32. The van der Waals surface area contributed by atoms with Crippen LogP contribution in [0.1, 0.15) is 22.6 Å². The van der Waals surface area contributed by atoms with E-state index in [1.807, 2.05) is 29.6 Å². The number of hydrogen-bond donors (Lipinski definition) is 0. The zero-order valence-corrected chi connectivity index (χ0v) is 12.1. The van der Waals surface area contributed by atoms with Crippen molar-refractivity contribution < 1.29 is 14.2 Å². The highest BCUT2D eigenvalue weighted by molar-refractivity contribution is 7.09. The second-order valence-corrected chi connectivity index (χ2v) is 4.90. The molecule has 0 fully saturated rings. The molecule has 1 aromatic carbocycles. The van der Waals surface area contributed by atoms with Crippen molar-refractivity contribution in [1.82, 2.24) is 4.98 Å².